The maximum atomic E-state index is 10.9. The standard InChI is InChI=1S/C16H30O2.CH2O2/c1-6-13(3,4)15-7-12(2)8-16(18,11-15)10-14(5,17)9-15;2-1-3/h12,17-18H,6-11H2,1-5H3;1H,(H,2,3). The van der Waals surface area contributed by atoms with Gasteiger partial charge in [0.1, 0.15) is 0 Å². The smallest absolute Gasteiger partial charge is 0.290 e. The highest BCUT2D eigenvalue weighted by molar-refractivity contribution is 5.32. The molecule has 4 atom stereocenters. The molecule has 4 unspecified atom stereocenters. The van der Waals surface area contributed by atoms with Crippen molar-refractivity contribution in [2.45, 2.75) is 84.3 Å². The third-order valence-electron chi connectivity index (χ3n) is 5.88. The van der Waals surface area contributed by atoms with E-state index in [2.05, 4.69) is 27.7 Å². The second kappa shape index (κ2) is 5.88. The maximum absolute atomic E-state index is 10.9. The molecule has 2 fully saturated rings. The summed E-state index contributed by atoms with van der Waals surface area (Å²) < 4.78 is 0. The summed E-state index contributed by atoms with van der Waals surface area (Å²) in [4.78, 5) is 8.36. The van der Waals surface area contributed by atoms with Crippen LogP contribution in [0.5, 0.6) is 0 Å². The number of fused-ring (bicyclic) bond motifs is 2. The minimum absolute atomic E-state index is 0.0932. The number of rotatable bonds is 2. The van der Waals surface area contributed by atoms with Crippen LogP contribution in [0.25, 0.3) is 0 Å². The number of aliphatic hydroxyl groups is 2. The van der Waals surface area contributed by atoms with Crippen LogP contribution in [0, 0.1) is 16.7 Å². The van der Waals surface area contributed by atoms with Crippen LogP contribution in [0.3, 0.4) is 0 Å². The van der Waals surface area contributed by atoms with Crippen molar-refractivity contribution in [1.29, 1.82) is 0 Å². The summed E-state index contributed by atoms with van der Waals surface area (Å²) in [5.41, 5.74) is -1.08. The van der Waals surface area contributed by atoms with Crippen molar-refractivity contribution >= 4 is 6.47 Å². The summed E-state index contributed by atoms with van der Waals surface area (Å²) in [5, 5.41) is 28.4. The number of carboxylic acid groups (broad SMARTS) is 1. The monoisotopic (exact) mass is 300 g/mol. The van der Waals surface area contributed by atoms with E-state index in [1.807, 2.05) is 6.92 Å². The predicted molar refractivity (Wildman–Crippen MR) is 83.0 cm³/mol. The number of hydrogen-bond donors (Lipinski definition) is 3. The molecule has 2 saturated carbocycles. The molecule has 0 aromatic heterocycles. The van der Waals surface area contributed by atoms with Crippen molar-refractivity contribution in [1.82, 2.24) is 0 Å². The third kappa shape index (κ3) is 3.78. The first kappa shape index (κ1) is 18.4. The van der Waals surface area contributed by atoms with Gasteiger partial charge in [-0.05, 0) is 49.4 Å². The Balaban J connectivity index is 0.000000677. The summed E-state index contributed by atoms with van der Waals surface area (Å²) in [5.74, 6) is 0.561. The fourth-order valence-corrected chi connectivity index (χ4v) is 5.06. The minimum Gasteiger partial charge on any atom is -0.483 e. The molecule has 21 heavy (non-hydrogen) atoms. The van der Waals surface area contributed by atoms with Crippen LogP contribution < -0.4 is 0 Å². The third-order valence-corrected chi connectivity index (χ3v) is 5.88. The molecule has 0 spiro atoms. The Labute approximate surface area is 128 Å². The van der Waals surface area contributed by atoms with E-state index in [1.54, 1.807) is 0 Å². The first-order valence-electron chi connectivity index (χ1n) is 7.97. The number of carbonyl (C=O) groups is 1. The van der Waals surface area contributed by atoms with Gasteiger partial charge in [-0.1, -0.05) is 34.1 Å². The van der Waals surface area contributed by atoms with Gasteiger partial charge in [-0.15, -0.1) is 0 Å². The molecule has 2 aliphatic carbocycles. The van der Waals surface area contributed by atoms with Crippen LogP contribution in [0.15, 0.2) is 0 Å². The van der Waals surface area contributed by atoms with E-state index in [-0.39, 0.29) is 17.3 Å². The zero-order chi connectivity index (χ0) is 16.5. The van der Waals surface area contributed by atoms with Gasteiger partial charge in [0.15, 0.2) is 0 Å². The van der Waals surface area contributed by atoms with E-state index in [0.717, 1.165) is 32.1 Å². The highest BCUT2D eigenvalue weighted by Crippen LogP contribution is 2.63. The topological polar surface area (TPSA) is 77.8 Å². The Morgan fingerprint density at radius 2 is 1.71 bits per heavy atom. The van der Waals surface area contributed by atoms with E-state index in [1.165, 1.54) is 0 Å². The van der Waals surface area contributed by atoms with Crippen molar-refractivity contribution in [2.75, 3.05) is 0 Å². The van der Waals surface area contributed by atoms with Crippen LogP contribution in [0.4, 0.5) is 0 Å². The lowest BCUT2D eigenvalue weighted by atomic mass is 9.45. The fraction of sp³-hybridized carbons (Fsp3) is 0.941. The molecule has 4 heteroatoms. The predicted octanol–water partition coefficient (Wildman–Crippen LogP) is 3.21. The summed E-state index contributed by atoms with van der Waals surface area (Å²) in [7, 11) is 0. The average Bonchev–Trinajstić information content (AvgIpc) is 2.24. The molecule has 0 saturated heterocycles. The first-order valence-corrected chi connectivity index (χ1v) is 7.97. The molecule has 0 radical (unpaired) electrons. The molecule has 0 aliphatic heterocycles. The molecule has 2 bridgehead atoms. The summed E-state index contributed by atoms with van der Waals surface area (Å²) >= 11 is 0. The Kier molecular flexibility index (Phi) is 5.16. The van der Waals surface area contributed by atoms with E-state index in [0.29, 0.717) is 12.3 Å². The van der Waals surface area contributed by atoms with Crippen molar-refractivity contribution in [3.05, 3.63) is 0 Å². The van der Waals surface area contributed by atoms with E-state index in [4.69, 9.17) is 9.90 Å². The highest BCUT2D eigenvalue weighted by Gasteiger charge is 2.59. The van der Waals surface area contributed by atoms with Gasteiger partial charge >= 0.3 is 0 Å². The van der Waals surface area contributed by atoms with Gasteiger partial charge in [0.05, 0.1) is 11.2 Å². The molecule has 0 aromatic rings. The van der Waals surface area contributed by atoms with Crippen molar-refractivity contribution < 1.29 is 20.1 Å². The van der Waals surface area contributed by atoms with Gasteiger partial charge in [0.2, 0.25) is 0 Å². The molecule has 0 aromatic carbocycles. The Hall–Kier alpha value is -0.610. The van der Waals surface area contributed by atoms with Gasteiger partial charge in [0.25, 0.3) is 6.47 Å². The van der Waals surface area contributed by atoms with Crippen LogP contribution in [0.1, 0.15) is 73.1 Å². The molecular weight excluding hydrogens is 268 g/mol. The van der Waals surface area contributed by atoms with Gasteiger partial charge in [-0.3, -0.25) is 4.79 Å². The molecule has 0 amide bonds. The minimum atomic E-state index is -0.709. The second-order valence-corrected chi connectivity index (χ2v) is 8.39. The zero-order valence-electron chi connectivity index (χ0n) is 14.1. The van der Waals surface area contributed by atoms with Crippen molar-refractivity contribution in [2.24, 2.45) is 16.7 Å². The summed E-state index contributed by atoms with van der Waals surface area (Å²) in [6.07, 6.45) is 5.36. The van der Waals surface area contributed by atoms with Crippen molar-refractivity contribution in [3.8, 4) is 0 Å². The Bertz CT molecular complexity index is 373. The Morgan fingerprint density at radius 1 is 1.19 bits per heavy atom. The lowest BCUT2D eigenvalue weighted by Crippen LogP contribution is -2.60. The Morgan fingerprint density at radius 3 is 2.19 bits per heavy atom. The lowest BCUT2D eigenvalue weighted by Gasteiger charge is -2.62. The quantitative estimate of drug-likeness (QED) is 0.684. The molecule has 3 N–H and O–H groups in total. The summed E-state index contributed by atoms with van der Waals surface area (Å²) in [6.45, 7) is 10.8. The summed E-state index contributed by atoms with van der Waals surface area (Å²) in [6, 6.07) is 0. The fourth-order valence-electron chi connectivity index (χ4n) is 5.06. The largest absolute Gasteiger partial charge is 0.483 e. The molecule has 0 heterocycles. The van der Waals surface area contributed by atoms with Crippen LogP contribution in [-0.2, 0) is 4.79 Å². The van der Waals surface area contributed by atoms with Crippen LogP contribution in [-0.4, -0.2) is 33.0 Å². The highest BCUT2D eigenvalue weighted by atomic mass is 16.3. The van der Waals surface area contributed by atoms with E-state index >= 15 is 0 Å². The molecule has 4 nitrogen and oxygen atoms in total. The van der Waals surface area contributed by atoms with E-state index < -0.39 is 11.2 Å². The second-order valence-electron chi connectivity index (χ2n) is 8.39. The van der Waals surface area contributed by atoms with Crippen LogP contribution in [0.2, 0.25) is 0 Å². The number of hydrogen-bond acceptors (Lipinski definition) is 3. The molecule has 124 valence electrons. The van der Waals surface area contributed by atoms with Crippen molar-refractivity contribution in [3.63, 3.8) is 0 Å². The lowest BCUT2D eigenvalue weighted by molar-refractivity contribution is -0.206. The van der Waals surface area contributed by atoms with Gasteiger partial charge in [-0.25, -0.2) is 0 Å². The molecular formula is C17H32O4. The van der Waals surface area contributed by atoms with Gasteiger partial charge in [0, 0.05) is 6.42 Å². The van der Waals surface area contributed by atoms with Gasteiger partial charge in [-0.2, -0.15) is 0 Å². The first-order chi connectivity index (χ1) is 9.45. The SMILES string of the molecule is CCC(C)(C)C12CC(C)CC(O)(CC(C)(O)C1)C2.O=CO. The zero-order valence-corrected chi connectivity index (χ0v) is 14.1. The maximum Gasteiger partial charge on any atom is 0.290 e. The normalized spacial score (nSPS) is 42.7. The van der Waals surface area contributed by atoms with Gasteiger partial charge < -0.3 is 15.3 Å². The molecule has 2 rings (SSSR count). The average molecular weight is 300 g/mol. The van der Waals surface area contributed by atoms with E-state index in [9.17, 15) is 10.2 Å². The van der Waals surface area contributed by atoms with Crippen LogP contribution >= 0.6 is 0 Å². The molecule has 2 aliphatic rings.